The van der Waals surface area contributed by atoms with Crippen molar-refractivity contribution >= 4 is 5.65 Å². The number of quaternary nitrogens is 1. The molecule has 3 rings (SSSR count). The molecular formula is C17H24N3O+. The lowest BCUT2D eigenvalue weighted by Crippen LogP contribution is -3.13. The highest BCUT2D eigenvalue weighted by Gasteiger charge is 2.25. The predicted molar refractivity (Wildman–Crippen MR) is 83.5 cm³/mol. The summed E-state index contributed by atoms with van der Waals surface area (Å²) in [7, 11) is 0. The van der Waals surface area contributed by atoms with Gasteiger partial charge in [-0.2, -0.15) is 0 Å². The van der Waals surface area contributed by atoms with E-state index in [0.29, 0.717) is 0 Å². The molecule has 0 unspecified atom stereocenters. The molecule has 3 heterocycles. The van der Waals surface area contributed by atoms with Crippen molar-refractivity contribution in [3.05, 3.63) is 46.0 Å². The van der Waals surface area contributed by atoms with Crippen molar-refractivity contribution in [2.75, 3.05) is 13.1 Å². The summed E-state index contributed by atoms with van der Waals surface area (Å²) in [6, 6.07) is 5.63. The van der Waals surface area contributed by atoms with Crippen molar-refractivity contribution in [2.24, 2.45) is 11.8 Å². The Hall–Kier alpha value is -1.68. The highest BCUT2D eigenvalue weighted by molar-refractivity contribution is 5.39. The van der Waals surface area contributed by atoms with Crippen LogP contribution in [0.4, 0.5) is 0 Å². The fraction of sp³-hybridized carbons (Fsp3) is 0.529. The summed E-state index contributed by atoms with van der Waals surface area (Å²) in [4.78, 5) is 18.4. The summed E-state index contributed by atoms with van der Waals surface area (Å²) >= 11 is 0. The first kappa shape index (κ1) is 14.3. The zero-order chi connectivity index (χ0) is 15.0. The number of pyridine rings is 1. The van der Waals surface area contributed by atoms with Crippen LogP contribution in [0.3, 0.4) is 0 Å². The molecule has 2 aromatic heterocycles. The number of hydrogen-bond donors (Lipinski definition) is 1. The Morgan fingerprint density at radius 2 is 2.00 bits per heavy atom. The van der Waals surface area contributed by atoms with Crippen LogP contribution in [0.15, 0.2) is 29.2 Å². The molecule has 1 N–H and O–H groups in total. The Labute approximate surface area is 125 Å². The molecule has 1 aliphatic rings. The third kappa shape index (κ3) is 3.16. The Kier molecular flexibility index (Phi) is 3.81. The van der Waals surface area contributed by atoms with Gasteiger partial charge in [-0.25, -0.2) is 4.98 Å². The molecule has 0 bridgehead atoms. The minimum Gasteiger partial charge on any atom is -0.329 e. The first-order valence-corrected chi connectivity index (χ1v) is 7.84. The minimum atomic E-state index is 0.0243. The highest BCUT2D eigenvalue weighted by Crippen LogP contribution is 2.12. The average Bonchev–Trinajstić information content (AvgIpc) is 2.38. The number of nitrogens with one attached hydrogen (secondary N) is 1. The molecule has 4 nitrogen and oxygen atoms in total. The lowest BCUT2D eigenvalue weighted by molar-refractivity contribution is -0.926. The van der Waals surface area contributed by atoms with E-state index in [-0.39, 0.29) is 5.56 Å². The standard InChI is InChI=1S/C17H23N3O/c1-12-4-5-16-18-15(7-17(21)20(16)10-12)11-19-8-13(2)6-14(3)9-19/h4-5,7,10,13-14H,6,8-9,11H2,1-3H3/p+1/t13-,14-/m1/s1. The maximum atomic E-state index is 12.2. The van der Waals surface area contributed by atoms with Gasteiger partial charge >= 0.3 is 0 Å². The van der Waals surface area contributed by atoms with Crippen molar-refractivity contribution in [3.63, 3.8) is 0 Å². The Bertz CT molecular complexity index is 697. The van der Waals surface area contributed by atoms with E-state index in [0.717, 1.165) is 35.3 Å². The molecule has 1 saturated heterocycles. The number of likely N-dealkylation sites (tertiary alicyclic amines) is 1. The Morgan fingerprint density at radius 1 is 1.29 bits per heavy atom. The molecule has 4 heteroatoms. The number of aryl methyl sites for hydroxylation is 1. The molecule has 0 saturated carbocycles. The van der Waals surface area contributed by atoms with E-state index in [1.165, 1.54) is 19.5 Å². The largest absolute Gasteiger partial charge is 0.329 e. The van der Waals surface area contributed by atoms with Crippen molar-refractivity contribution in [1.29, 1.82) is 0 Å². The lowest BCUT2D eigenvalue weighted by Gasteiger charge is -2.31. The molecular weight excluding hydrogens is 262 g/mol. The van der Waals surface area contributed by atoms with Crippen LogP contribution in [0.2, 0.25) is 0 Å². The van der Waals surface area contributed by atoms with E-state index in [2.05, 4.69) is 18.8 Å². The van der Waals surface area contributed by atoms with Gasteiger partial charge in [-0.15, -0.1) is 0 Å². The topological polar surface area (TPSA) is 38.8 Å². The van der Waals surface area contributed by atoms with Gasteiger partial charge < -0.3 is 4.90 Å². The molecule has 0 amide bonds. The SMILES string of the molecule is Cc1ccc2nc(C[NH+]3C[C@H](C)C[C@@H](C)C3)cc(=O)n2c1. The Balaban J connectivity index is 1.87. The van der Waals surface area contributed by atoms with Crippen molar-refractivity contribution in [3.8, 4) is 0 Å². The van der Waals surface area contributed by atoms with Gasteiger partial charge in [0.05, 0.1) is 13.1 Å². The number of piperidine rings is 1. The van der Waals surface area contributed by atoms with Crippen LogP contribution >= 0.6 is 0 Å². The molecule has 0 aliphatic carbocycles. The molecule has 1 fully saturated rings. The number of nitrogens with zero attached hydrogens (tertiary/aromatic N) is 2. The number of rotatable bonds is 2. The second kappa shape index (κ2) is 5.60. The van der Waals surface area contributed by atoms with Crippen LogP contribution in [0, 0.1) is 18.8 Å². The number of hydrogen-bond acceptors (Lipinski definition) is 2. The predicted octanol–water partition coefficient (Wildman–Crippen LogP) is 1.06. The number of aromatic nitrogens is 2. The van der Waals surface area contributed by atoms with E-state index < -0.39 is 0 Å². The third-order valence-corrected chi connectivity index (χ3v) is 4.37. The molecule has 112 valence electrons. The minimum absolute atomic E-state index is 0.0243. The van der Waals surface area contributed by atoms with E-state index in [9.17, 15) is 4.79 Å². The third-order valence-electron chi connectivity index (χ3n) is 4.37. The van der Waals surface area contributed by atoms with E-state index in [4.69, 9.17) is 0 Å². The van der Waals surface area contributed by atoms with Crippen LogP contribution in [0.1, 0.15) is 31.5 Å². The molecule has 2 atom stereocenters. The lowest BCUT2D eigenvalue weighted by atomic mass is 9.92. The molecule has 0 spiro atoms. The summed E-state index contributed by atoms with van der Waals surface area (Å²) < 4.78 is 1.63. The maximum Gasteiger partial charge on any atom is 0.258 e. The van der Waals surface area contributed by atoms with Gasteiger partial charge in [0, 0.05) is 24.1 Å². The number of fused-ring (bicyclic) bond motifs is 1. The van der Waals surface area contributed by atoms with Crippen LogP contribution in [-0.2, 0) is 6.54 Å². The second-order valence-corrected chi connectivity index (χ2v) is 6.80. The molecule has 2 aromatic rings. The molecule has 21 heavy (non-hydrogen) atoms. The van der Waals surface area contributed by atoms with E-state index >= 15 is 0 Å². The van der Waals surface area contributed by atoms with Gasteiger partial charge in [0.15, 0.2) is 0 Å². The normalized spacial score (nSPS) is 26.1. The van der Waals surface area contributed by atoms with Crippen molar-refractivity contribution in [2.45, 2.75) is 33.7 Å². The summed E-state index contributed by atoms with van der Waals surface area (Å²) in [6.45, 7) is 9.84. The second-order valence-electron chi connectivity index (χ2n) is 6.80. The quantitative estimate of drug-likeness (QED) is 0.897. The molecule has 0 radical (unpaired) electrons. The van der Waals surface area contributed by atoms with Crippen molar-refractivity contribution < 1.29 is 4.90 Å². The smallest absolute Gasteiger partial charge is 0.258 e. The maximum absolute atomic E-state index is 12.2. The van der Waals surface area contributed by atoms with E-state index in [1.54, 1.807) is 15.4 Å². The zero-order valence-electron chi connectivity index (χ0n) is 13.1. The van der Waals surface area contributed by atoms with Gasteiger partial charge in [0.25, 0.3) is 5.56 Å². The van der Waals surface area contributed by atoms with Crippen LogP contribution < -0.4 is 10.5 Å². The van der Waals surface area contributed by atoms with Gasteiger partial charge in [-0.3, -0.25) is 9.20 Å². The summed E-state index contributed by atoms with van der Waals surface area (Å²) in [5.74, 6) is 1.51. The Morgan fingerprint density at radius 3 is 2.71 bits per heavy atom. The monoisotopic (exact) mass is 286 g/mol. The van der Waals surface area contributed by atoms with Gasteiger partial charge in [-0.1, -0.05) is 19.9 Å². The summed E-state index contributed by atoms with van der Waals surface area (Å²) in [6.07, 6.45) is 3.17. The fourth-order valence-electron chi connectivity index (χ4n) is 3.67. The van der Waals surface area contributed by atoms with Crippen LogP contribution in [-0.4, -0.2) is 22.5 Å². The van der Waals surface area contributed by atoms with Crippen LogP contribution in [0.5, 0.6) is 0 Å². The average molecular weight is 286 g/mol. The zero-order valence-corrected chi connectivity index (χ0v) is 13.1. The van der Waals surface area contributed by atoms with E-state index in [1.807, 2.05) is 25.3 Å². The molecule has 1 aliphatic heterocycles. The highest BCUT2D eigenvalue weighted by atomic mass is 16.1. The first-order valence-electron chi connectivity index (χ1n) is 7.84. The van der Waals surface area contributed by atoms with Gasteiger partial charge in [0.1, 0.15) is 17.9 Å². The summed E-state index contributed by atoms with van der Waals surface area (Å²) in [5, 5.41) is 0. The van der Waals surface area contributed by atoms with Crippen molar-refractivity contribution in [1.82, 2.24) is 9.38 Å². The molecule has 0 aromatic carbocycles. The first-order chi connectivity index (χ1) is 10.0. The fourth-order valence-corrected chi connectivity index (χ4v) is 3.67. The van der Waals surface area contributed by atoms with Gasteiger partial charge in [-0.05, 0) is 25.0 Å². The van der Waals surface area contributed by atoms with Gasteiger partial charge in [0.2, 0.25) is 0 Å². The summed E-state index contributed by atoms with van der Waals surface area (Å²) in [5.41, 5.74) is 2.76. The van der Waals surface area contributed by atoms with Crippen LogP contribution in [0.25, 0.3) is 5.65 Å².